The summed E-state index contributed by atoms with van der Waals surface area (Å²) in [5, 5.41) is 0. The first-order chi connectivity index (χ1) is 7.25. The molecule has 0 aliphatic rings. The van der Waals surface area contributed by atoms with Crippen LogP contribution in [0.2, 0.25) is 0 Å². The van der Waals surface area contributed by atoms with Gasteiger partial charge in [-0.25, -0.2) is 4.98 Å². The molecule has 1 aromatic carbocycles. The molecular formula is C11H8N2OS. The van der Waals surface area contributed by atoms with E-state index in [0.29, 0.717) is 0 Å². The van der Waals surface area contributed by atoms with E-state index in [-0.39, 0.29) is 5.56 Å². The van der Waals surface area contributed by atoms with Gasteiger partial charge in [-0.2, -0.15) is 0 Å². The molecule has 0 radical (unpaired) electrons. The van der Waals surface area contributed by atoms with E-state index in [0.717, 1.165) is 15.2 Å². The molecule has 4 heteroatoms. The Kier molecular flexibility index (Phi) is 1.67. The minimum absolute atomic E-state index is 0.0184. The van der Waals surface area contributed by atoms with Gasteiger partial charge in [-0.1, -0.05) is 17.4 Å². The average molecular weight is 216 g/mol. The molecule has 2 aromatic heterocycles. The molecule has 0 aliphatic carbocycles. The van der Waals surface area contributed by atoms with Crippen LogP contribution in [0.25, 0.3) is 15.2 Å². The molecule has 2 heterocycles. The van der Waals surface area contributed by atoms with Gasteiger partial charge < -0.3 is 0 Å². The first kappa shape index (κ1) is 8.61. The second-order valence-corrected chi connectivity index (χ2v) is 4.48. The lowest BCUT2D eigenvalue weighted by molar-refractivity contribution is 1.12. The number of thiazole rings is 1. The van der Waals surface area contributed by atoms with Crippen molar-refractivity contribution in [3.8, 4) is 0 Å². The van der Waals surface area contributed by atoms with E-state index in [2.05, 4.69) is 11.1 Å². The second-order valence-electron chi connectivity index (χ2n) is 3.47. The standard InChI is InChI=1S/C11H8N2OS/c1-7-2-3-8-9(6-7)15-11-12-5-4-10(14)13(8)11/h2-6H,1H3. The maximum atomic E-state index is 11.7. The average Bonchev–Trinajstić information content (AvgIpc) is 2.56. The van der Waals surface area contributed by atoms with Gasteiger partial charge in [-0.15, -0.1) is 0 Å². The Morgan fingerprint density at radius 3 is 3.07 bits per heavy atom. The largest absolute Gasteiger partial charge is 0.269 e. The molecule has 3 rings (SSSR count). The van der Waals surface area contributed by atoms with Crippen molar-refractivity contribution in [2.75, 3.05) is 0 Å². The normalized spacial score (nSPS) is 11.3. The molecule has 15 heavy (non-hydrogen) atoms. The van der Waals surface area contributed by atoms with Gasteiger partial charge in [-0.05, 0) is 24.6 Å². The number of rotatable bonds is 0. The first-order valence-electron chi connectivity index (χ1n) is 4.63. The molecule has 0 atom stereocenters. The molecule has 0 bridgehead atoms. The van der Waals surface area contributed by atoms with Crippen molar-refractivity contribution in [1.29, 1.82) is 0 Å². The molecule has 0 saturated heterocycles. The maximum Gasteiger partial charge on any atom is 0.258 e. The summed E-state index contributed by atoms with van der Waals surface area (Å²) in [5.74, 6) is 0. The Hall–Kier alpha value is -1.68. The third kappa shape index (κ3) is 1.18. The molecule has 0 unspecified atom stereocenters. The van der Waals surface area contributed by atoms with Crippen molar-refractivity contribution in [1.82, 2.24) is 9.38 Å². The van der Waals surface area contributed by atoms with Crippen LogP contribution in [-0.2, 0) is 0 Å². The summed E-state index contributed by atoms with van der Waals surface area (Å²) < 4.78 is 2.75. The van der Waals surface area contributed by atoms with Gasteiger partial charge in [0.05, 0.1) is 10.2 Å². The van der Waals surface area contributed by atoms with Crippen LogP contribution in [0.1, 0.15) is 5.56 Å². The van der Waals surface area contributed by atoms with E-state index in [1.165, 1.54) is 11.6 Å². The zero-order chi connectivity index (χ0) is 10.4. The summed E-state index contributed by atoms with van der Waals surface area (Å²) in [6.07, 6.45) is 1.56. The van der Waals surface area contributed by atoms with E-state index in [4.69, 9.17) is 0 Å². The molecule has 3 nitrogen and oxygen atoms in total. The Balaban J connectivity index is 2.65. The van der Waals surface area contributed by atoms with Crippen LogP contribution in [0, 0.1) is 6.92 Å². The van der Waals surface area contributed by atoms with Gasteiger partial charge >= 0.3 is 0 Å². The summed E-state index contributed by atoms with van der Waals surface area (Å²) in [7, 11) is 0. The molecule has 0 N–H and O–H groups in total. The Morgan fingerprint density at radius 1 is 1.33 bits per heavy atom. The minimum Gasteiger partial charge on any atom is -0.269 e. The molecule has 0 spiro atoms. The van der Waals surface area contributed by atoms with Crippen LogP contribution in [0.4, 0.5) is 0 Å². The van der Waals surface area contributed by atoms with Crippen molar-refractivity contribution >= 4 is 26.5 Å². The summed E-state index contributed by atoms with van der Waals surface area (Å²) in [4.78, 5) is 16.6. The van der Waals surface area contributed by atoms with Gasteiger partial charge in [-0.3, -0.25) is 9.20 Å². The number of aryl methyl sites for hydroxylation is 1. The van der Waals surface area contributed by atoms with Gasteiger partial charge in [0.15, 0.2) is 4.96 Å². The number of hydrogen-bond acceptors (Lipinski definition) is 3. The van der Waals surface area contributed by atoms with Gasteiger partial charge in [0.1, 0.15) is 0 Å². The number of fused-ring (bicyclic) bond motifs is 3. The zero-order valence-electron chi connectivity index (χ0n) is 8.10. The highest BCUT2D eigenvalue weighted by molar-refractivity contribution is 7.23. The molecule has 74 valence electrons. The first-order valence-corrected chi connectivity index (χ1v) is 5.44. The number of nitrogens with zero attached hydrogens (tertiary/aromatic N) is 2. The molecule has 0 fully saturated rings. The second kappa shape index (κ2) is 2.90. The van der Waals surface area contributed by atoms with Crippen LogP contribution in [0.3, 0.4) is 0 Å². The van der Waals surface area contributed by atoms with Crippen molar-refractivity contribution in [2.45, 2.75) is 6.92 Å². The third-order valence-corrected chi connectivity index (χ3v) is 3.39. The fourth-order valence-electron chi connectivity index (χ4n) is 1.67. The Morgan fingerprint density at radius 2 is 2.20 bits per heavy atom. The van der Waals surface area contributed by atoms with Crippen molar-refractivity contribution in [2.24, 2.45) is 0 Å². The monoisotopic (exact) mass is 216 g/mol. The van der Waals surface area contributed by atoms with Crippen LogP contribution in [0.5, 0.6) is 0 Å². The number of aromatic nitrogens is 2. The predicted octanol–water partition coefficient (Wildman–Crippen LogP) is 2.22. The van der Waals surface area contributed by atoms with Crippen LogP contribution in [-0.4, -0.2) is 9.38 Å². The highest BCUT2D eigenvalue weighted by atomic mass is 32.1. The number of benzene rings is 1. The van der Waals surface area contributed by atoms with Gasteiger partial charge in [0.2, 0.25) is 0 Å². The fraction of sp³-hybridized carbons (Fsp3) is 0.0909. The lowest BCUT2D eigenvalue weighted by Gasteiger charge is -1.93. The molecule has 0 aliphatic heterocycles. The van der Waals surface area contributed by atoms with E-state index >= 15 is 0 Å². The zero-order valence-corrected chi connectivity index (χ0v) is 8.91. The van der Waals surface area contributed by atoms with Crippen molar-refractivity contribution < 1.29 is 0 Å². The predicted molar refractivity (Wildman–Crippen MR) is 61.6 cm³/mol. The van der Waals surface area contributed by atoms with Gasteiger partial charge in [0, 0.05) is 12.3 Å². The minimum atomic E-state index is -0.0184. The molecule has 3 aromatic rings. The summed E-state index contributed by atoms with van der Waals surface area (Å²) in [5.41, 5.74) is 2.12. The quantitative estimate of drug-likeness (QED) is 0.577. The summed E-state index contributed by atoms with van der Waals surface area (Å²) >= 11 is 1.54. The van der Waals surface area contributed by atoms with Gasteiger partial charge in [0.25, 0.3) is 5.56 Å². The van der Waals surface area contributed by atoms with Crippen LogP contribution in [0.15, 0.2) is 35.3 Å². The topological polar surface area (TPSA) is 34.4 Å². The lowest BCUT2D eigenvalue weighted by atomic mass is 10.2. The molecular weight excluding hydrogens is 208 g/mol. The van der Waals surface area contributed by atoms with E-state index < -0.39 is 0 Å². The molecule has 0 amide bonds. The Bertz CT molecular complexity index is 711. The van der Waals surface area contributed by atoms with E-state index in [1.54, 1.807) is 21.9 Å². The highest BCUT2D eigenvalue weighted by Gasteiger charge is 2.06. The Labute approximate surface area is 89.6 Å². The summed E-state index contributed by atoms with van der Waals surface area (Å²) in [6, 6.07) is 7.54. The maximum absolute atomic E-state index is 11.7. The third-order valence-electron chi connectivity index (χ3n) is 2.37. The van der Waals surface area contributed by atoms with E-state index in [9.17, 15) is 4.79 Å². The summed E-state index contributed by atoms with van der Waals surface area (Å²) in [6.45, 7) is 2.04. The lowest BCUT2D eigenvalue weighted by Crippen LogP contribution is -2.10. The van der Waals surface area contributed by atoms with Crippen LogP contribution >= 0.6 is 11.3 Å². The van der Waals surface area contributed by atoms with Crippen molar-refractivity contribution in [3.63, 3.8) is 0 Å². The SMILES string of the molecule is Cc1ccc2c(c1)sc1nccc(=O)n12. The fourth-order valence-corrected chi connectivity index (χ4v) is 2.77. The van der Waals surface area contributed by atoms with E-state index in [1.807, 2.05) is 19.1 Å². The highest BCUT2D eigenvalue weighted by Crippen LogP contribution is 2.24. The number of hydrogen-bond donors (Lipinski definition) is 0. The smallest absolute Gasteiger partial charge is 0.258 e. The van der Waals surface area contributed by atoms with Crippen LogP contribution < -0.4 is 5.56 Å². The van der Waals surface area contributed by atoms with Crippen molar-refractivity contribution in [3.05, 3.63) is 46.4 Å². The molecule has 0 saturated carbocycles.